The summed E-state index contributed by atoms with van der Waals surface area (Å²) in [5.41, 5.74) is 0. The van der Waals surface area contributed by atoms with Crippen LogP contribution in [0.4, 0.5) is 0 Å². The highest BCUT2D eigenvalue weighted by molar-refractivity contribution is 5.76. The summed E-state index contributed by atoms with van der Waals surface area (Å²) in [6, 6.07) is -0.938. The number of carbonyl (C=O) groups excluding carboxylic acids is 1. The van der Waals surface area contributed by atoms with Crippen LogP contribution in [0.5, 0.6) is 0 Å². The van der Waals surface area contributed by atoms with Crippen molar-refractivity contribution in [1.29, 1.82) is 0 Å². The molecule has 0 aromatic heterocycles. The van der Waals surface area contributed by atoms with Crippen LogP contribution in [0.2, 0.25) is 0 Å². The number of nitrogens with one attached hydrogen (secondary N) is 1. The molecule has 0 bridgehead atoms. The summed E-state index contributed by atoms with van der Waals surface area (Å²) in [5.74, 6) is -0.257. The van der Waals surface area contributed by atoms with Gasteiger partial charge < -0.3 is 65.1 Å². The Morgan fingerprint density at radius 1 is 0.500 bits per heavy atom. The summed E-state index contributed by atoms with van der Waals surface area (Å²) in [4.78, 5) is 13.2. The van der Waals surface area contributed by atoms with Crippen molar-refractivity contribution in [2.75, 3.05) is 19.8 Å². The number of aliphatic hydroxyl groups excluding tert-OH is 8. The lowest BCUT2D eigenvalue weighted by atomic mass is 9.97. The molecule has 2 heterocycles. The number of ether oxygens (including phenoxy) is 4. The van der Waals surface area contributed by atoms with Crippen molar-refractivity contribution >= 4 is 5.91 Å². The maximum Gasteiger partial charge on any atom is 0.220 e. The lowest BCUT2D eigenvalue weighted by molar-refractivity contribution is -0.359. The zero-order valence-electron chi connectivity index (χ0n) is 43.5. The standard InChI is InChI=1S/C56H101NO13/c1-3-5-7-9-11-13-15-17-19-21-22-24-26-28-30-32-34-36-38-40-48(61)57-44(45(60)39-37-35-33-31-29-27-25-23-20-18-16-14-12-10-8-6-4-2)43-67-55-53(66)51(64)54(47(42-59)69-55)70-56-52(65)50(63)49(62)46(41-58)68-56/h17,19-20,23,29,31,37,39,44-47,49-56,58-60,62-66H,3-16,18,21-22,24-28,30,32-36,38,40-43H2,1-2H3,(H,57,61)/b19-17-,23-20+,31-29+,39-37+. The molecule has 14 nitrogen and oxygen atoms in total. The minimum absolute atomic E-state index is 0.257. The first kappa shape index (κ1) is 64.1. The van der Waals surface area contributed by atoms with Gasteiger partial charge in [0.05, 0.1) is 32.0 Å². The van der Waals surface area contributed by atoms with E-state index in [-0.39, 0.29) is 18.9 Å². The number of carbonyl (C=O) groups is 1. The van der Waals surface area contributed by atoms with Gasteiger partial charge in [-0.15, -0.1) is 0 Å². The van der Waals surface area contributed by atoms with E-state index < -0.39 is 86.8 Å². The Bertz CT molecular complexity index is 1360. The van der Waals surface area contributed by atoms with Gasteiger partial charge in [0.15, 0.2) is 12.6 Å². The molecule has 2 aliphatic heterocycles. The summed E-state index contributed by atoms with van der Waals surface area (Å²) in [6.45, 7) is 2.75. The number of aliphatic hydroxyl groups is 8. The van der Waals surface area contributed by atoms with Crippen molar-refractivity contribution in [2.45, 2.75) is 280 Å². The van der Waals surface area contributed by atoms with Crippen LogP contribution in [0.3, 0.4) is 0 Å². The molecular formula is C56H101NO13. The summed E-state index contributed by atoms with van der Waals surface area (Å²) < 4.78 is 22.7. The number of rotatable bonds is 43. The third-order valence-electron chi connectivity index (χ3n) is 13.5. The van der Waals surface area contributed by atoms with Crippen LogP contribution in [-0.4, -0.2) is 140 Å². The van der Waals surface area contributed by atoms with Crippen molar-refractivity contribution in [3.05, 3.63) is 48.6 Å². The second kappa shape index (κ2) is 42.3. The molecule has 9 N–H and O–H groups in total. The molecule has 0 spiro atoms. The quantitative estimate of drug-likeness (QED) is 0.0207. The second-order valence-corrected chi connectivity index (χ2v) is 19.7. The van der Waals surface area contributed by atoms with E-state index in [1.165, 1.54) is 128 Å². The predicted octanol–water partition coefficient (Wildman–Crippen LogP) is 8.44. The fraction of sp³-hybridized carbons (Fsp3) is 0.839. The van der Waals surface area contributed by atoms with Crippen LogP contribution >= 0.6 is 0 Å². The Labute approximate surface area is 423 Å². The minimum atomic E-state index is -1.79. The van der Waals surface area contributed by atoms with E-state index in [0.717, 1.165) is 44.9 Å². The third kappa shape index (κ3) is 28.4. The van der Waals surface area contributed by atoms with Crippen LogP contribution in [0.15, 0.2) is 48.6 Å². The molecule has 408 valence electrons. The molecule has 1 amide bonds. The fourth-order valence-corrected chi connectivity index (χ4v) is 8.90. The summed E-state index contributed by atoms with van der Waals surface area (Å²) in [7, 11) is 0. The van der Waals surface area contributed by atoms with Gasteiger partial charge in [0, 0.05) is 6.42 Å². The second-order valence-electron chi connectivity index (χ2n) is 19.7. The maximum absolute atomic E-state index is 13.2. The largest absolute Gasteiger partial charge is 0.394 e. The van der Waals surface area contributed by atoms with E-state index in [2.05, 4.69) is 55.6 Å². The minimum Gasteiger partial charge on any atom is -0.394 e. The van der Waals surface area contributed by atoms with Gasteiger partial charge in [-0.3, -0.25) is 4.79 Å². The van der Waals surface area contributed by atoms with Gasteiger partial charge >= 0.3 is 0 Å². The Hall–Kier alpha value is -2.05. The molecule has 0 aromatic rings. The van der Waals surface area contributed by atoms with Gasteiger partial charge in [0.1, 0.15) is 48.8 Å². The molecule has 0 saturated carbocycles. The van der Waals surface area contributed by atoms with E-state index in [1.54, 1.807) is 6.08 Å². The number of unbranched alkanes of at least 4 members (excludes halogenated alkanes) is 24. The van der Waals surface area contributed by atoms with Crippen molar-refractivity contribution in [1.82, 2.24) is 5.32 Å². The van der Waals surface area contributed by atoms with E-state index in [4.69, 9.17) is 18.9 Å². The van der Waals surface area contributed by atoms with Crippen LogP contribution in [-0.2, 0) is 23.7 Å². The number of hydrogen-bond donors (Lipinski definition) is 9. The molecule has 2 aliphatic rings. The molecule has 2 rings (SSSR count). The Morgan fingerprint density at radius 2 is 0.914 bits per heavy atom. The molecule has 14 heteroatoms. The molecular weight excluding hydrogens is 895 g/mol. The molecule has 2 fully saturated rings. The smallest absolute Gasteiger partial charge is 0.220 e. The third-order valence-corrected chi connectivity index (χ3v) is 13.5. The summed E-state index contributed by atoms with van der Waals surface area (Å²) in [6.07, 6.45) is 34.3. The van der Waals surface area contributed by atoms with E-state index in [0.29, 0.717) is 12.8 Å². The SMILES string of the molecule is CCCCCCCC/C=C\CCCCCCCCCCCC(=O)NC(COC1OC(CO)C(OC2OC(CO)C(O)C(O)C2O)C(O)C1O)C(O)/C=C/CC/C=C/CC/C=C/CCCCCCCCC. The van der Waals surface area contributed by atoms with Gasteiger partial charge in [-0.2, -0.15) is 0 Å². The lowest BCUT2D eigenvalue weighted by Gasteiger charge is -2.46. The average Bonchev–Trinajstić information content (AvgIpc) is 3.36. The van der Waals surface area contributed by atoms with Gasteiger partial charge in [0.25, 0.3) is 0 Å². The molecule has 0 aromatic carbocycles. The first-order valence-corrected chi connectivity index (χ1v) is 27.9. The van der Waals surface area contributed by atoms with Gasteiger partial charge in [0.2, 0.25) is 5.91 Å². The molecule has 0 radical (unpaired) electrons. The highest BCUT2D eigenvalue weighted by Crippen LogP contribution is 2.30. The van der Waals surface area contributed by atoms with Crippen molar-refractivity contribution in [3.8, 4) is 0 Å². The van der Waals surface area contributed by atoms with Crippen molar-refractivity contribution in [2.24, 2.45) is 0 Å². The normalized spacial score (nSPS) is 26.3. The molecule has 2 saturated heterocycles. The predicted molar refractivity (Wildman–Crippen MR) is 277 cm³/mol. The first-order valence-electron chi connectivity index (χ1n) is 27.9. The number of amides is 1. The summed E-state index contributed by atoms with van der Waals surface area (Å²) >= 11 is 0. The van der Waals surface area contributed by atoms with Crippen LogP contribution in [0.1, 0.15) is 206 Å². The van der Waals surface area contributed by atoms with Gasteiger partial charge in [-0.1, -0.05) is 178 Å². The van der Waals surface area contributed by atoms with Crippen LogP contribution < -0.4 is 5.32 Å². The maximum atomic E-state index is 13.2. The molecule has 12 atom stereocenters. The highest BCUT2D eigenvalue weighted by Gasteiger charge is 2.51. The Balaban J connectivity index is 1.83. The highest BCUT2D eigenvalue weighted by atomic mass is 16.7. The van der Waals surface area contributed by atoms with Gasteiger partial charge in [-0.05, 0) is 70.6 Å². The Kier molecular flexibility index (Phi) is 38.7. The first-order chi connectivity index (χ1) is 34.1. The topological polar surface area (TPSA) is 228 Å². The zero-order valence-corrected chi connectivity index (χ0v) is 43.5. The van der Waals surface area contributed by atoms with E-state index >= 15 is 0 Å². The molecule has 12 unspecified atom stereocenters. The lowest BCUT2D eigenvalue weighted by Crippen LogP contribution is -2.65. The number of allylic oxidation sites excluding steroid dienone is 7. The summed E-state index contributed by atoms with van der Waals surface area (Å²) in [5, 5.41) is 86.9. The van der Waals surface area contributed by atoms with Crippen molar-refractivity contribution in [3.63, 3.8) is 0 Å². The fourth-order valence-electron chi connectivity index (χ4n) is 8.90. The zero-order chi connectivity index (χ0) is 51.0. The van der Waals surface area contributed by atoms with Crippen LogP contribution in [0.25, 0.3) is 0 Å². The molecule has 70 heavy (non-hydrogen) atoms. The van der Waals surface area contributed by atoms with E-state index in [1.807, 2.05) is 6.08 Å². The Morgan fingerprint density at radius 3 is 1.40 bits per heavy atom. The van der Waals surface area contributed by atoms with Gasteiger partial charge in [-0.25, -0.2) is 0 Å². The van der Waals surface area contributed by atoms with Crippen molar-refractivity contribution < 1.29 is 64.6 Å². The number of hydrogen-bond acceptors (Lipinski definition) is 13. The van der Waals surface area contributed by atoms with Crippen LogP contribution in [0, 0.1) is 0 Å². The monoisotopic (exact) mass is 996 g/mol. The average molecular weight is 996 g/mol. The molecule has 0 aliphatic carbocycles. The van der Waals surface area contributed by atoms with E-state index in [9.17, 15) is 45.6 Å².